The fraction of sp³-hybridized carbons (Fsp3) is 0.941. The van der Waals surface area contributed by atoms with Gasteiger partial charge in [0.1, 0.15) is 5.60 Å². The Balaban J connectivity index is 2.23. The van der Waals surface area contributed by atoms with Gasteiger partial charge in [-0.2, -0.15) is 0 Å². The van der Waals surface area contributed by atoms with E-state index in [1.807, 2.05) is 20.8 Å². The second kappa shape index (κ2) is 3.99. The summed E-state index contributed by atoms with van der Waals surface area (Å²) in [6.45, 7) is 15.1. The molecule has 0 aromatic rings. The van der Waals surface area contributed by atoms with Gasteiger partial charge in [0.15, 0.2) is 0 Å². The summed E-state index contributed by atoms with van der Waals surface area (Å²) < 4.78 is 6.08. The molecule has 0 N–H and O–H groups in total. The molecule has 19 heavy (non-hydrogen) atoms. The minimum absolute atomic E-state index is 0.0320. The molecule has 0 amide bonds. The van der Waals surface area contributed by atoms with Crippen LogP contribution in [0.4, 0.5) is 0 Å². The molecule has 0 spiro atoms. The van der Waals surface area contributed by atoms with E-state index in [1.165, 1.54) is 12.8 Å². The number of ether oxygens (including phenoxy) is 1. The summed E-state index contributed by atoms with van der Waals surface area (Å²) in [5, 5.41) is 0. The van der Waals surface area contributed by atoms with Crippen molar-refractivity contribution in [2.24, 2.45) is 22.2 Å². The van der Waals surface area contributed by atoms with Crippen molar-refractivity contribution in [1.29, 1.82) is 0 Å². The molecule has 0 radical (unpaired) electrons. The van der Waals surface area contributed by atoms with Crippen LogP contribution in [0.2, 0.25) is 0 Å². The van der Waals surface area contributed by atoms with Crippen molar-refractivity contribution in [3.05, 3.63) is 0 Å². The number of esters is 1. The highest BCUT2D eigenvalue weighted by Gasteiger charge is 2.68. The van der Waals surface area contributed by atoms with Gasteiger partial charge in [-0.15, -0.1) is 0 Å². The molecule has 0 aromatic carbocycles. The van der Waals surface area contributed by atoms with E-state index in [1.54, 1.807) is 0 Å². The summed E-state index contributed by atoms with van der Waals surface area (Å²) in [6, 6.07) is 0. The van der Waals surface area contributed by atoms with Crippen molar-refractivity contribution in [3.8, 4) is 0 Å². The third-order valence-corrected chi connectivity index (χ3v) is 7.05. The van der Waals surface area contributed by atoms with Crippen LogP contribution in [0.3, 0.4) is 0 Å². The van der Waals surface area contributed by atoms with Crippen LogP contribution in [0.5, 0.6) is 0 Å². The van der Waals surface area contributed by atoms with Crippen molar-refractivity contribution in [1.82, 2.24) is 0 Å². The van der Waals surface area contributed by atoms with Gasteiger partial charge in [-0.3, -0.25) is 4.79 Å². The average molecular weight is 266 g/mol. The van der Waals surface area contributed by atoms with Gasteiger partial charge in [0.2, 0.25) is 0 Å². The van der Waals surface area contributed by atoms with Gasteiger partial charge < -0.3 is 4.74 Å². The van der Waals surface area contributed by atoms with Crippen molar-refractivity contribution < 1.29 is 9.53 Å². The minimum atomic E-state index is -0.373. The Hall–Kier alpha value is -0.530. The minimum Gasteiger partial charge on any atom is -0.458 e. The number of rotatable bonds is 3. The maximum Gasteiger partial charge on any atom is 0.312 e. The molecule has 3 atom stereocenters. The molecule has 0 saturated heterocycles. The van der Waals surface area contributed by atoms with Crippen molar-refractivity contribution in [2.75, 3.05) is 0 Å². The second-order valence-corrected chi connectivity index (χ2v) is 8.34. The zero-order valence-electron chi connectivity index (χ0n) is 13.7. The first-order valence-electron chi connectivity index (χ1n) is 7.74. The van der Waals surface area contributed by atoms with E-state index in [9.17, 15) is 4.79 Å². The third-order valence-electron chi connectivity index (χ3n) is 7.05. The molecule has 2 aliphatic carbocycles. The van der Waals surface area contributed by atoms with Gasteiger partial charge >= 0.3 is 5.97 Å². The largest absolute Gasteiger partial charge is 0.458 e. The van der Waals surface area contributed by atoms with Crippen LogP contribution in [-0.4, -0.2) is 11.6 Å². The first kappa shape index (κ1) is 14.9. The lowest BCUT2D eigenvalue weighted by Gasteiger charge is -2.53. The summed E-state index contributed by atoms with van der Waals surface area (Å²) in [6.07, 6.45) is 4.42. The Bertz CT molecular complexity index is 396. The smallest absolute Gasteiger partial charge is 0.312 e. The number of hydrogen-bond acceptors (Lipinski definition) is 2. The highest BCUT2D eigenvalue weighted by Crippen LogP contribution is 2.70. The zero-order chi connectivity index (χ0) is 14.7. The van der Waals surface area contributed by atoms with E-state index in [-0.39, 0.29) is 22.4 Å². The monoisotopic (exact) mass is 266 g/mol. The maximum atomic E-state index is 12.5. The molecular weight excluding hydrogens is 236 g/mol. The van der Waals surface area contributed by atoms with E-state index in [0.29, 0.717) is 5.41 Å². The Labute approximate surface area is 118 Å². The third kappa shape index (κ3) is 1.78. The summed E-state index contributed by atoms with van der Waals surface area (Å²) in [4.78, 5) is 12.5. The van der Waals surface area contributed by atoms with Gasteiger partial charge in [0.25, 0.3) is 0 Å². The van der Waals surface area contributed by atoms with E-state index < -0.39 is 0 Å². The Morgan fingerprint density at radius 1 is 1.26 bits per heavy atom. The highest BCUT2D eigenvalue weighted by molar-refractivity contribution is 5.76. The molecule has 2 saturated carbocycles. The number of fused-ring (bicyclic) bond motifs is 1. The van der Waals surface area contributed by atoms with Gasteiger partial charge in [-0.1, -0.05) is 27.7 Å². The van der Waals surface area contributed by atoms with Crippen molar-refractivity contribution >= 4 is 5.97 Å². The predicted octanol–water partition coefficient (Wildman–Crippen LogP) is 4.57. The quantitative estimate of drug-likeness (QED) is 0.699. The van der Waals surface area contributed by atoms with Gasteiger partial charge in [0.05, 0.1) is 5.41 Å². The molecule has 3 unspecified atom stereocenters. The van der Waals surface area contributed by atoms with Gasteiger partial charge in [-0.25, -0.2) is 0 Å². The molecule has 2 nitrogen and oxygen atoms in total. The Morgan fingerprint density at radius 3 is 2.16 bits per heavy atom. The second-order valence-electron chi connectivity index (χ2n) is 8.34. The van der Waals surface area contributed by atoms with Gasteiger partial charge in [0, 0.05) is 5.41 Å². The van der Waals surface area contributed by atoms with Crippen LogP contribution < -0.4 is 0 Å². The molecule has 2 heteroatoms. The van der Waals surface area contributed by atoms with E-state index in [0.717, 1.165) is 18.8 Å². The molecule has 0 aromatic heterocycles. The van der Waals surface area contributed by atoms with E-state index >= 15 is 0 Å². The van der Waals surface area contributed by atoms with E-state index in [4.69, 9.17) is 4.74 Å². The van der Waals surface area contributed by atoms with Crippen LogP contribution in [0, 0.1) is 22.2 Å². The van der Waals surface area contributed by atoms with Crippen LogP contribution in [0.25, 0.3) is 0 Å². The standard InChI is InChI=1S/C17H30O2/c1-8-14(2,3)13(18)19-17(7)11-12-9-10-16(12,6)15(17,4)5/h12H,8-11H2,1-7H3. The summed E-state index contributed by atoms with van der Waals surface area (Å²) in [5.41, 5.74) is -0.283. The van der Waals surface area contributed by atoms with Crippen LogP contribution in [0.1, 0.15) is 74.1 Å². The Kier molecular flexibility index (Phi) is 3.12. The first-order chi connectivity index (χ1) is 8.50. The maximum absolute atomic E-state index is 12.5. The fourth-order valence-electron chi connectivity index (χ4n) is 3.92. The molecule has 0 bridgehead atoms. The fourth-order valence-corrected chi connectivity index (χ4v) is 3.92. The first-order valence-corrected chi connectivity index (χ1v) is 7.74. The average Bonchev–Trinajstić information content (AvgIpc) is 2.41. The normalized spacial score (nSPS) is 40.5. The SMILES string of the molecule is CCC(C)(C)C(=O)OC1(C)CC2CCC2(C)C1(C)C. The van der Waals surface area contributed by atoms with Gasteiger partial charge in [-0.05, 0) is 57.8 Å². The zero-order valence-corrected chi connectivity index (χ0v) is 13.7. The summed E-state index contributed by atoms with van der Waals surface area (Å²) in [7, 11) is 0. The molecule has 2 aliphatic rings. The van der Waals surface area contributed by atoms with E-state index in [2.05, 4.69) is 27.7 Å². The molecule has 0 heterocycles. The van der Waals surface area contributed by atoms with Crippen LogP contribution in [-0.2, 0) is 9.53 Å². The lowest BCUT2D eigenvalue weighted by Crippen LogP contribution is -2.51. The Morgan fingerprint density at radius 2 is 1.84 bits per heavy atom. The van der Waals surface area contributed by atoms with Crippen molar-refractivity contribution in [3.63, 3.8) is 0 Å². The highest BCUT2D eigenvalue weighted by atomic mass is 16.6. The molecule has 110 valence electrons. The summed E-state index contributed by atoms with van der Waals surface area (Å²) in [5.74, 6) is 0.695. The topological polar surface area (TPSA) is 26.3 Å². The lowest BCUT2D eigenvalue weighted by atomic mass is 9.53. The van der Waals surface area contributed by atoms with Crippen LogP contribution in [0.15, 0.2) is 0 Å². The molecular formula is C17H30O2. The number of carbonyl (C=O) groups excluding carboxylic acids is 1. The van der Waals surface area contributed by atoms with Crippen LogP contribution >= 0.6 is 0 Å². The summed E-state index contributed by atoms with van der Waals surface area (Å²) >= 11 is 0. The van der Waals surface area contributed by atoms with Crippen molar-refractivity contribution in [2.45, 2.75) is 79.8 Å². The number of carbonyl (C=O) groups is 1. The molecule has 2 fully saturated rings. The lowest BCUT2D eigenvalue weighted by molar-refractivity contribution is -0.184. The predicted molar refractivity (Wildman–Crippen MR) is 77.8 cm³/mol. The number of hydrogen-bond donors (Lipinski definition) is 0. The molecule has 0 aliphatic heterocycles. The molecule has 2 rings (SSSR count).